The van der Waals surface area contributed by atoms with Crippen molar-refractivity contribution in [2.24, 2.45) is 5.73 Å². The Hall–Kier alpha value is -1.87. The van der Waals surface area contributed by atoms with E-state index < -0.39 is 12.0 Å². The number of benzene rings is 2. The zero-order chi connectivity index (χ0) is 13.7. The minimum Gasteiger partial charge on any atom is -0.480 e. The molecule has 2 rings (SSSR count). The molecule has 0 saturated carbocycles. The molecular formula is C16H19NO2. The Labute approximate surface area is 113 Å². The van der Waals surface area contributed by atoms with Crippen molar-refractivity contribution in [1.82, 2.24) is 0 Å². The molecule has 100 valence electrons. The van der Waals surface area contributed by atoms with E-state index in [9.17, 15) is 4.79 Å². The SMILES string of the molecule is NC(CCCCc1cccc2ccccc12)C(=O)O. The highest BCUT2D eigenvalue weighted by Crippen LogP contribution is 2.20. The number of nitrogens with two attached hydrogens (primary N) is 1. The highest BCUT2D eigenvalue weighted by Gasteiger charge is 2.10. The summed E-state index contributed by atoms with van der Waals surface area (Å²) in [5.41, 5.74) is 6.81. The molecular weight excluding hydrogens is 238 g/mol. The number of aliphatic carboxylic acids is 1. The van der Waals surface area contributed by atoms with Gasteiger partial charge in [0.1, 0.15) is 6.04 Å². The van der Waals surface area contributed by atoms with Gasteiger partial charge < -0.3 is 10.8 Å². The van der Waals surface area contributed by atoms with Gasteiger partial charge in [0.05, 0.1) is 0 Å². The predicted molar refractivity (Wildman–Crippen MR) is 77.1 cm³/mol. The van der Waals surface area contributed by atoms with Crippen LogP contribution in [0, 0.1) is 0 Å². The van der Waals surface area contributed by atoms with E-state index in [-0.39, 0.29) is 0 Å². The first-order valence-electron chi connectivity index (χ1n) is 6.63. The van der Waals surface area contributed by atoms with E-state index in [1.165, 1.54) is 16.3 Å². The normalized spacial score (nSPS) is 12.5. The molecule has 2 aromatic rings. The Morgan fingerprint density at radius 1 is 1.11 bits per heavy atom. The Balaban J connectivity index is 1.93. The van der Waals surface area contributed by atoms with Crippen LogP contribution in [-0.4, -0.2) is 17.1 Å². The van der Waals surface area contributed by atoms with Crippen LogP contribution in [0.4, 0.5) is 0 Å². The molecule has 3 heteroatoms. The summed E-state index contributed by atoms with van der Waals surface area (Å²) in [6.07, 6.45) is 3.32. The lowest BCUT2D eigenvalue weighted by Gasteiger charge is -2.08. The van der Waals surface area contributed by atoms with E-state index in [1.54, 1.807) is 0 Å². The Morgan fingerprint density at radius 2 is 1.84 bits per heavy atom. The lowest BCUT2D eigenvalue weighted by atomic mass is 9.99. The van der Waals surface area contributed by atoms with Gasteiger partial charge in [0.25, 0.3) is 0 Å². The molecule has 3 N–H and O–H groups in total. The second-order valence-electron chi connectivity index (χ2n) is 4.83. The minimum atomic E-state index is -0.912. The summed E-state index contributed by atoms with van der Waals surface area (Å²) in [5.74, 6) is -0.912. The highest BCUT2D eigenvalue weighted by molar-refractivity contribution is 5.85. The third kappa shape index (κ3) is 3.55. The summed E-state index contributed by atoms with van der Waals surface area (Å²) in [7, 11) is 0. The van der Waals surface area contributed by atoms with Crippen molar-refractivity contribution >= 4 is 16.7 Å². The predicted octanol–water partition coefficient (Wildman–Crippen LogP) is 2.96. The monoisotopic (exact) mass is 257 g/mol. The lowest BCUT2D eigenvalue weighted by molar-refractivity contribution is -0.138. The second kappa shape index (κ2) is 6.34. The van der Waals surface area contributed by atoms with Gasteiger partial charge in [0, 0.05) is 0 Å². The molecule has 1 unspecified atom stereocenters. The van der Waals surface area contributed by atoms with E-state index >= 15 is 0 Å². The summed E-state index contributed by atoms with van der Waals surface area (Å²) in [6.45, 7) is 0. The first kappa shape index (κ1) is 13.6. The van der Waals surface area contributed by atoms with Gasteiger partial charge in [-0.25, -0.2) is 0 Å². The number of carboxylic acids is 1. The van der Waals surface area contributed by atoms with Crippen molar-refractivity contribution < 1.29 is 9.90 Å². The molecule has 0 spiro atoms. The number of hydrogen-bond acceptors (Lipinski definition) is 2. The van der Waals surface area contributed by atoms with Crippen LogP contribution in [0.1, 0.15) is 24.8 Å². The van der Waals surface area contributed by atoms with E-state index in [0.717, 1.165) is 19.3 Å². The minimum absolute atomic E-state index is 0.542. The Bertz CT molecular complexity index is 560. The van der Waals surface area contributed by atoms with Crippen LogP contribution in [0.15, 0.2) is 42.5 Å². The van der Waals surface area contributed by atoms with Crippen molar-refractivity contribution in [3.05, 3.63) is 48.0 Å². The highest BCUT2D eigenvalue weighted by atomic mass is 16.4. The molecule has 0 aliphatic carbocycles. The lowest BCUT2D eigenvalue weighted by Crippen LogP contribution is -2.29. The quantitative estimate of drug-likeness (QED) is 0.782. The third-order valence-corrected chi connectivity index (χ3v) is 3.41. The van der Waals surface area contributed by atoms with Gasteiger partial charge >= 0.3 is 5.97 Å². The maximum Gasteiger partial charge on any atom is 0.320 e. The van der Waals surface area contributed by atoms with Crippen LogP contribution >= 0.6 is 0 Å². The molecule has 0 fully saturated rings. The molecule has 0 aromatic heterocycles. The molecule has 19 heavy (non-hydrogen) atoms. The summed E-state index contributed by atoms with van der Waals surface area (Å²) in [5, 5.41) is 11.3. The van der Waals surface area contributed by atoms with Crippen molar-refractivity contribution in [1.29, 1.82) is 0 Å². The molecule has 0 aliphatic heterocycles. The largest absolute Gasteiger partial charge is 0.480 e. The van der Waals surface area contributed by atoms with Gasteiger partial charge in [0.2, 0.25) is 0 Å². The summed E-state index contributed by atoms with van der Waals surface area (Å²) < 4.78 is 0. The number of carbonyl (C=O) groups is 1. The van der Waals surface area contributed by atoms with Crippen LogP contribution in [0.25, 0.3) is 10.8 Å². The summed E-state index contributed by atoms with van der Waals surface area (Å²) in [6, 6.07) is 13.9. The molecule has 0 radical (unpaired) electrons. The molecule has 0 aliphatic rings. The molecule has 2 aromatic carbocycles. The van der Waals surface area contributed by atoms with Crippen LogP contribution in [0.5, 0.6) is 0 Å². The van der Waals surface area contributed by atoms with E-state index in [4.69, 9.17) is 10.8 Å². The third-order valence-electron chi connectivity index (χ3n) is 3.41. The molecule has 0 saturated heterocycles. The van der Waals surface area contributed by atoms with Gasteiger partial charge in [-0.15, -0.1) is 0 Å². The molecule has 3 nitrogen and oxygen atoms in total. The number of fused-ring (bicyclic) bond motifs is 1. The van der Waals surface area contributed by atoms with Crippen LogP contribution in [0.3, 0.4) is 0 Å². The van der Waals surface area contributed by atoms with Crippen molar-refractivity contribution in [3.63, 3.8) is 0 Å². The Morgan fingerprint density at radius 3 is 2.63 bits per heavy atom. The van der Waals surface area contributed by atoms with Gasteiger partial charge in [-0.3, -0.25) is 4.79 Å². The molecule has 0 heterocycles. The van der Waals surface area contributed by atoms with E-state index in [1.807, 2.05) is 12.1 Å². The molecule has 0 bridgehead atoms. The fourth-order valence-corrected chi connectivity index (χ4v) is 2.31. The zero-order valence-corrected chi connectivity index (χ0v) is 10.9. The average molecular weight is 257 g/mol. The topological polar surface area (TPSA) is 63.3 Å². The van der Waals surface area contributed by atoms with Crippen LogP contribution in [0.2, 0.25) is 0 Å². The van der Waals surface area contributed by atoms with Crippen LogP contribution in [-0.2, 0) is 11.2 Å². The maximum absolute atomic E-state index is 10.6. The number of aryl methyl sites for hydroxylation is 1. The van der Waals surface area contributed by atoms with Crippen molar-refractivity contribution in [2.45, 2.75) is 31.7 Å². The Kier molecular flexibility index (Phi) is 4.53. The smallest absolute Gasteiger partial charge is 0.320 e. The van der Waals surface area contributed by atoms with Crippen molar-refractivity contribution in [3.8, 4) is 0 Å². The fraction of sp³-hybridized carbons (Fsp3) is 0.312. The zero-order valence-electron chi connectivity index (χ0n) is 10.9. The average Bonchev–Trinajstić information content (AvgIpc) is 2.43. The van der Waals surface area contributed by atoms with E-state index in [0.29, 0.717) is 6.42 Å². The maximum atomic E-state index is 10.6. The standard InChI is InChI=1S/C16H19NO2/c17-15(16(18)19)11-4-2-7-13-9-5-8-12-6-1-3-10-14(12)13/h1,3,5-6,8-10,15H,2,4,7,11,17H2,(H,18,19). The van der Waals surface area contributed by atoms with Gasteiger partial charge in [-0.2, -0.15) is 0 Å². The van der Waals surface area contributed by atoms with Gasteiger partial charge in [0.15, 0.2) is 0 Å². The van der Waals surface area contributed by atoms with Gasteiger partial charge in [-0.05, 0) is 35.6 Å². The van der Waals surface area contributed by atoms with E-state index in [2.05, 4.69) is 30.3 Å². The summed E-state index contributed by atoms with van der Waals surface area (Å²) >= 11 is 0. The number of rotatable bonds is 6. The fourth-order valence-electron chi connectivity index (χ4n) is 2.31. The van der Waals surface area contributed by atoms with Gasteiger partial charge in [-0.1, -0.05) is 48.9 Å². The van der Waals surface area contributed by atoms with Crippen LogP contribution < -0.4 is 5.73 Å². The first-order chi connectivity index (χ1) is 9.18. The summed E-state index contributed by atoms with van der Waals surface area (Å²) in [4.78, 5) is 10.6. The molecule has 1 atom stereocenters. The first-order valence-corrected chi connectivity index (χ1v) is 6.63. The molecule has 0 amide bonds. The second-order valence-corrected chi connectivity index (χ2v) is 4.83. The van der Waals surface area contributed by atoms with Crippen molar-refractivity contribution in [2.75, 3.05) is 0 Å². The number of carboxylic acid groups (broad SMARTS) is 1. The number of hydrogen-bond donors (Lipinski definition) is 2. The number of unbranched alkanes of at least 4 members (excludes halogenated alkanes) is 1.